The van der Waals surface area contributed by atoms with Crippen LogP contribution in [0.25, 0.3) is 10.2 Å². The molecule has 2 N–H and O–H groups in total. The monoisotopic (exact) mass is 354 g/mol. The number of nitrogens with zero attached hydrogens (tertiary/aromatic N) is 2. The number of urea groups is 1. The van der Waals surface area contributed by atoms with E-state index in [1.807, 2.05) is 24.3 Å². The summed E-state index contributed by atoms with van der Waals surface area (Å²) in [6.45, 7) is 4.19. The van der Waals surface area contributed by atoms with Crippen LogP contribution in [0.1, 0.15) is 25.3 Å². The number of carboxylic acid groups (broad SMARTS) is 1. The number of rotatable bonds is 3. The molecule has 3 aromatic rings. The molecule has 0 spiro atoms. The van der Waals surface area contributed by atoms with Gasteiger partial charge in [-0.1, -0.05) is 26.0 Å². The molecule has 3 heterocycles. The summed E-state index contributed by atoms with van der Waals surface area (Å²) in [6.07, 6.45) is 1.56. The summed E-state index contributed by atoms with van der Waals surface area (Å²) in [5.41, 5.74) is 3.07. The molecule has 0 radical (unpaired) electrons. The van der Waals surface area contributed by atoms with Gasteiger partial charge in [-0.3, -0.25) is 4.90 Å². The van der Waals surface area contributed by atoms with Crippen molar-refractivity contribution in [1.29, 1.82) is 0 Å². The summed E-state index contributed by atoms with van der Waals surface area (Å²) in [5, 5.41) is 13.6. The molecule has 2 aromatic heterocycles. The van der Waals surface area contributed by atoms with Gasteiger partial charge in [0.05, 0.1) is 11.4 Å². The van der Waals surface area contributed by atoms with Crippen molar-refractivity contribution in [2.24, 2.45) is 0 Å². The number of hydrogen-bond acceptors (Lipinski definition) is 3. The van der Waals surface area contributed by atoms with Gasteiger partial charge in [0.1, 0.15) is 21.5 Å². The van der Waals surface area contributed by atoms with E-state index in [0.717, 1.165) is 11.3 Å². The van der Waals surface area contributed by atoms with E-state index in [1.165, 1.54) is 0 Å². The highest BCUT2D eigenvalue weighted by molar-refractivity contribution is 7.54. The highest BCUT2D eigenvalue weighted by Crippen LogP contribution is 2.46. The molecule has 1 atom stereocenters. The topological polar surface area (TPSA) is 82.5 Å². The Labute approximate surface area is 146 Å². The number of aromatic nitrogens is 1. The largest absolute Gasteiger partial charge is 0.554 e. The molecule has 25 heavy (non-hydrogen) atoms. The molecule has 2 amide bonds. The van der Waals surface area contributed by atoms with Crippen LogP contribution in [0.2, 0.25) is 0 Å². The number of nitrogens with one attached hydrogen (secondary N) is 1. The molecule has 1 aromatic carbocycles. The molecule has 6 nitrogen and oxygen atoms in total. The van der Waals surface area contributed by atoms with Crippen LogP contribution in [0.3, 0.4) is 0 Å². The highest BCUT2D eigenvalue weighted by atomic mass is 32.2. The van der Waals surface area contributed by atoms with Crippen LogP contribution in [0.5, 0.6) is 0 Å². The Morgan fingerprint density at radius 1 is 1.32 bits per heavy atom. The van der Waals surface area contributed by atoms with Crippen molar-refractivity contribution < 1.29 is 14.7 Å². The van der Waals surface area contributed by atoms with Gasteiger partial charge < -0.3 is 10.4 Å². The number of thiophene rings is 1. The van der Waals surface area contributed by atoms with E-state index in [0.29, 0.717) is 27.5 Å². The Morgan fingerprint density at radius 2 is 2.12 bits per heavy atom. The average Bonchev–Trinajstić information content (AvgIpc) is 2.95. The number of carbonyl (C=O) groups excluding carboxylic acids is 1. The number of pyridine rings is 1. The third kappa shape index (κ3) is 2.35. The Hall–Kier alpha value is -2.93. The first kappa shape index (κ1) is 15.6. The van der Waals surface area contributed by atoms with E-state index in [9.17, 15) is 14.7 Å². The van der Waals surface area contributed by atoms with Crippen LogP contribution in [0.15, 0.2) is 41.9 Å². The maximum Gasteiger partial charge on any atom is 0.554 e. The number of anilines is 3. The normalized spacial score (nSPS) is 14.1. The lowest BCUT2D eigenvalue weighted by molar-refractivity contribution is 0.221. The second-order valence-electron chi connectivity index (χ2n) is 6.16. The van der Waals surface area contributed by atoms with E-state index in [2.05, 4.69) is 24.1 Å². The molecule has 1 unspecified atom stereocenters. The summed E-state index contributed by atoms with van der Waals surface area (Å²) in [4.78, 5) is 30.6. The van der Waals surface area contributed by atoms with Gasteiger partial charge in [0.15, 0.2) is 5.38 Å². The van der Waals surface area contributed by atoms with Crippen LogP contribution in [0.4, 0.5) is 26.7 Å². The van der Waals surface area contributed by atoms with Crippen LogP contribution in [-0.2, 0) is 0 Å². The Bertz CT molecular complexity index is 1030. The first-order valence-corrected chi connectivity index (χ1v) is 9.14. The minimum atomic E-state index is -1.15. The Kier molecular flexibility index (Phi) is 3.47. The molecular formula is C18H16N3O3S+. The fourth-order valence-corrected chi connectivity index (χ4v) is 4.46. The number of hydrogen-bond donors (Lipinski definition) is 2. The molecule has 1 aliphatic rings. The number of carbonyl (C=O) groups is 2. The minimum Gasteiger partial charge on any atom is -0.437 e. The van der Waals surface area contributed by atoms with Crippen LogP contribution in [-0.4, -0.2) is 21.4 Å². The number of amides is 2. The van der Waals surface area contributed by atoms with Crippen LogP contribution in [0, 0.1) is 0 Å². The van der Waals surface area contributed by atoms with E-state index in [4.69, 9.17) is 0 Å². The fraction of sp³-hybridized carbons (Fsp3) is 0.167. The van der Waals surface area contributed by atoms with Crippen molar-refractivity contribution >= 4 is 49.1 Å². The fourth-order valence-electron chi connectivity index (χ4n) is 3.06. The zero-order valence-corrected chi connectivity index (χ0v) is 14.5. The van der Waals surface area contributed by atoms with Gasteiger partial charge in [0.2, 0.25) is 0 Å². The maximum absolute atomic E-state index is 12.7. The van der Waals surface area contributed by atoms with Gasteiger partial charge in [0, 0.05) is 6.20 Å². The zero-order valence-electron chi connectivity index (χ0n) is 13.7. The molecule has 0 saturated heterocycles. The second-order valence-corrected chi connectivity index (χ2v) is 7.81. The Morgan fingerprint density at radius 3 is 2.84 bits per heavy atom. The predicted molar refractivity (Wildman–Crippen MR) is 99.3 cm³/mol. The van der Waals surface area contributed by atoms with Crippen molar-refractivity contribution in [2.75, 3.05) is 10.2 Å². The van der Waals surface area contributed by atoms with Crippen molar-refractivity contribution in [2.45, 2.75) is 19.8 Å². The SMILES string of the molecule is CC(C)c1cccc(N2C(=O)Nc3c[s+](C(=O)O)c4nccc2c34)c1. The summed E-state index contributed by atoms with van der Waals surface area (Å²) in [6, 6.07) is 9.26. The van der Waals surface area contributed by atoms with Gasteiger partial charge in [-0.25, -0.2) is 9.78 Å². The summed E-state index contributed by atoms with van der Waals surface area (Å²) >= 11 is 0. The van der Waals surface area contributed by atoms with Gasteiger partial charge in [0.25, 0.3) is 4.83 Å². The maximum atomic E-state index is 12.7. The minimum absolute atomic E-state index is 0.298. The molecule has 0 saturated carbocycles. The van der Waals surface area contributed by atoms with E-state index < -0.39 is 15.8 Å². The summed E-state index contributed by atoms with van der Waals surface area (Å²) in [5.74, 6) is 0.337. The predicted octanol–water partition coefficient (Wildman–Crippen LogP) is 5.32. The molecule has 7 heteroatoms. The molecule has 0 fully saturated rings. The van der Waals surface area contributed by atoms with Crippen LogP contribution >= 0.6 is 10.5 Å². The lowest BCUT2D eigenvalue weighted by Crippen LogP contribution is -2.33. The molecule has 0 aliphatic carbocycles. The third-order valence-electron chi connectivity index (χ3n) is 4.28. The van der Waals surface area contributed by atoms with Gasteiger partial charge in [-0.2, -0.15) is 4.79 Å². The van der Waals surface area contributed by atoms with Crippen molar-refractivity contribution in [3.05, 3.63) is 47.5 Å². The standard InChI is InChI=1S/C18H15N3O3S/c1-10(2)11-4-3-5-12(8-11)21-14-6-7-19-16-15(14)13(20-17(21)22)9-25(16)18(23)24/h3-10H,1-2H3,(H-,20,22,23,24)/p+1. The number of benzene rings is 1. The highest BCUT2D eigenvalue weighted by Gasteiger charge is 2.36. The zero-order chi connectivity index (χ0) is 17.7. The van der Waals surface area contributed by atoms with Crippen molar-refractivity contribution in [1.82, 2.24) is 4.98 Å². The Balaban J connectivity index is 1.95. The molecular weight excluding hydrogens is 338 g/mol. The van der Waals surface area contributed by atoms with E-state index in [1.54, 1.807) is 22.5 Å². The van der Waals surface area contributed by atoms with Crippen molar-refractivity contribution in [3.63, 3.8) is 0 Å². The molecule has 126 valence electrons. The lowest BCUT2D eigenvalue weighted by Gasteiger charge is -2.27. The van der Waals surface area contributed by atoms with E-state index >= 15 is 0 Å². The smallest absolute Gasteiger partial charge is 0.437 e. The van der Waals surface area contributed by atoms with E-state index in [-0.39, 0.29) is 6.03 Å². The van der Waals surface area contributed by atoms with Crippen LogP contribution < -0.4 is 10.2 Å². The third-order valence-corrected chi connectivity index (χ3v) is 5.85. The van der Waals surface area contributed by atoms with Gasteiger partial charge in [-0.05, 0) is 29.7 Å². The molecule has 4 rings (SSSR count). The lowest BCUT2D eigenvalue weighted by atomic mass is 10.0. The van der Waals surface area contributed by atoms with Gasteiger partial charge >= 0.3 is 11.3 Å². The summed E-state index contributed by atoms with van der Waals surface area (Å²) < 4.78 is 0. The summed E-state index contributed by atoms with van der Waals surface area (Å²) in [7, 11) is -1.15. The second kappa shape index (κ2) is 5.56. The van der Waals surface area contributed by atoms with Gasteiger partial charge in [-0.15, -0.1) is 0 Å². The molecule has 0 bridgehead atoms. The van der Waals surface area contributed by atoms with Crippen molar-refractivity contribution in [3.8, 4) is 0 Å². The average molecular weight is 354 g/mol. The first-order valence-electron chi connectivity index (χ1n) is 7.85. The first-order chi connectivity index (χ1) is 12.0. The quantitative estimate of drug-likeness (QED) is 0.624. The molecule has 1 aliphatic heterocycles.